The van der Waals surface area contributed by atoms with Crippen LogP contribution in [0.25, 0.3) is 0 Å². The topological polar surface area (TPSA) is 30.7 Å². The molecule has 0 unspecified atom stereocenters. The molecule has 0 spiro atoms. The lowest BCUT2D eigenvalue weighted by molar-refractivity contribution is 0.491. The van der Waals surface area contributed by atoms with Crippen LogP contribution in [0.3, 0.4) is 0 Å². The van der Waals surface area contributed by atoms with Gasteiger partial charge in [-0.25, -0.2) is 0 Å². The second-order valence-corrected chi connectivity index (χ2v) is 5.33. The molecular weight excluding hydrogens is 262 g/mol. The third-order valence-corrected chi connectivity index (χ3v) is 4.00. The average molecular weight is 276 g/mol. The summed E-state index contributed by atoms with van der Waals surface area (Å²) in [4.78, 5) is 0. The first-order valence-corrected chi connectivity index (χ1v) is 6.89. The highest BCUT2D eigenvalue weighted by molar-refractivity contribution is 7.99. The van der Waals surface area contributed by atoms with Gasteiger partial charge in [0.2, 0.25) is 0 Å². The second-order valence-electron chi connectivity index (χ2n) is 4.38. The number of thioether (sulfide) groups is 1. The van der Waals surface area contributed by atoms with E-state index in [2.05, 4.69) is 16.8 Å². The summed E-state index contributed by atoms with van der Waals surface area (Å²) in [6.45, 7) is -1.07. The molecule has 2 heterocycles. The summed E-state index contributed by atoms with van der Waals surface area (Å²) in [7, 11) is 0. The largest absolute Gasteiger partial charge is 0.505 e. The van der Waals surface area contributed by atoms with Crippen LogP contribution in [0.1, 0.15) is 25.1 Å². The van der Waals surface area contributed by atoms with Crippen LogP contribution in [0.15, 0.2) is 17.2 Å². The van der Waals surface area contributed by atoms with Crippen molar-refractivity contribution in [3.8, 4) is 0 Å². The first-order chi connectivity index (χ1) is 8.48. The van der Waals surface area contributed by atoms with Gasteiger partial charge in [0.1, 0.15) is 5.82 Å². The highest BCUT2D eigenvalue weighted by atomic mass is 32.2. The molecule has 0 aromatic carbocycles. The van der Waals surface area contributed by atoms with Crippen molar-refractivity contribution in [3.05, 3.63) is 17.9 Å². The van der Waals surface area contributed by atoms with E-state index in [1.54, 1.807) is 0 Å². The van der Waals surface area contributed by atoms with Gasteiger partial charge >= 0.3 is 6.98 Å². The quantitative estimate of drug-likeness (QED) is 0.625. The molecule has 8 heteroatoms. The molecule has 18 heavy (non-hydrogen) atoms. The number of fused-ring (bicyclic) bond motifs is 1. The van der Waals surface area contributed by atoms with E-state index in [1.807, 2.05) is 4.57 Å². The maximum atomic E-state index is 12.4. The summed E-state index contributed by atoms with van der Waals surface area (Å²) in [5.41, 5.74) is -0.675. The standard InChI is InChI=1S/C10H14BF3N3S/c1-8(11(12,13)14)7-18-10-16-15-9-5-3-2-4-6-17(9)10/h1-7H2/q-1. The van der Waals surface area contributed by atoms with Crippen molar-refractivity contribution in [3.63, 3.8) is 0 Å². The van der Waals surface area contributed by atoms with Gasteiger partial charge in [-0.1, -0.05) is 18.2 Å². The van der Waals surface area contributed by atoms with Crippen molar-refractivity contribution >= 4 is 18.7 Å². The van der Waals surface area contributed by atoms with Crippen LogP contribution in [-0.2, 0) is 13.0 Å². The van der Waals surface area contributed by atoms with Crippen LogP contribution in [-0.4, -0.2) is 27.5 Å². The zero-order valence-electron chi connectivity index (χ0n) is 9.91. The highest BCUT2D eigenvalue weighted by Crippen LogP contribution is 2.27. The summed E-state index contributed by atoms with van der Waals surface area (Å²) in [6, 6.07) is 0. The van der Waals surface area contributed by atoms with Gasteiger partial charge < -0.3 is 17.5 Å². The van der Waals surface area contributed by atoms with E-state index < -0.39 is 12.4 Å². The van der Waals surface area contributed by atoms with Gasteiger partial charge in [-0.2, -0.15) is 0 Å². The minimum Gasteiger partial charge on any atom is -0.445 e. The first-order valence-electron chi connectivity index (χ1n) is 5.91. The molecule has 0 fully saturated rings. The predicted octanol–water partition coefficient (Wildman–Crippen LogP) is 3.04. The smallest absolute Gasteiger partial charge is 0.445 e. The molecule has 0 radical (unpaired) electrons. The molecule has 0 atom stereocenters. The number of hydrogen-bond donors (Lipinski definition) is 0. The molecule has 1 aliphatic rings. The number of nitrogens with zero attached hydrogens (tertiary/aromatic N) is 3. The molecule has 1 aromatic rings. The lowest BCUT2D eigenvalue weighted by atomic mass is 9.82. The summed E-state index contributed by atoms with van der Waals surface area (Å²) < 4.78 is 39.1. The van der Waals surface area contributed by atoms with Crippen LogP contribution < -0.4 is 0 Å². The summed E-state index contributed by atoms with van der Waals surface area (Å²) in [5, 5.41) is 8.59. The fraction of sp³-hybridized carbons (Fsp3) is 0.600. The number of aromatic nitrogens is 3. The SMILES string of the molecule is C=C(CSc1nnc2n1CCCCC2)[B-](F)(F)F. The number of rotatable bonds is 4. The molecule has 1 aliphatic heterocycles. The minimum atomic E-state index is -4.95. The van der Waals surface area contributed by atoms with E-state index in [-0.39, 0.29) is 5.75 Å². The Labute approximate surface area is 108 Å². The Balaban J connectivity index is 2.02. The second kappa shape index (κ2) is 5.38. The summed E-state index contributed by atoms with van der Waals surface area (Å²) in [5.74, 6) is 0.722. The molecule has 1 aromatic heterocycles. The normalized spacial score (nSPS) is 16.2. The lowest BCUT2D eigenvalue weighted by Gasteiger charge is -2.17. The van der Waals surface area contributed by atoms with E-state index in [0.717, 1.165) is 49.8 Å². The molecule has 3 nitrogen and oxygen atoms in total. The van der Waals surface area contributed by atoms with Crippen molar-refractivity contribution in [2.24, 2.45) is 0 Å². The van der Waals surface area contributed by atoms with Gasteiger partial charge in [-0.3, -0.25) is 0 Å². The lowest BCUT2D eigenvalue weighted by Crippen LogP contribution is -2.20. The molecule has 2 rings (SSSR count). The molecule has 0 N–H and O–H groups in total. The van der Waals surface area contributed by atoms with Gasteiger partial charge in [0.05, 0.1) is 0 Å². The summed E-state index contributed by atoms with van der Waals surface area (Å²) in [6.07, 6.45) is 4.09. The van der Waals surface area contributed by atoms with Gasteiger partial charge in [0.15, 0.2) is 5.16 Å². The summed E-state index contributed by atoms with van der Waals surface area (Å²) >= 11 is 1.07. The van der Waals surface area contributed by atoms with Crippen LogP contribution in [0.4, 0.5) is 12.9 Å². The van der Waals surface area contributed by atoms with E-state index in [9.17, 15) is 12.9 Å². The number of hydrogen-bond acceptors (Lipinski definition) is 3. The van der Waals surface area contributed by atoms with E-state index in [4.69, 9.17) is 0 Å². The maximum Gasteiger partial charge on any atom is 0.505 e. The van der Waals surface area contributed by atoms with Crippen molar-refractivity contribution in [1.29, 1.82) is 0 Å². The van der Waals surface area contributed by atoms with Crippen molar-refractivity contribution in [2.75, 3.05) is 5.75 Å². The Morgan fingerprint density at radius 1 is 1.28 bits per heavy atom. The van der Waals surface area contributed by atoms with E-state index in [1.165, 1.54) is 0 Å². The fourth-order valence-corrected chi connectivity index (χ4v) is 2.77. The van der Waals surface area contributed by atoms with Crippen molar-refractivity contribution in [1.82, 2.24) is 14.8 Å². The van der Waals surface area contributed by atoms with Crippen molar-refractivity contribution in [2.45, 2.75) is 37.4 Å². The molecular formula is C10H14BF3N3S-. The Morgan fingerprint density at radius 3 is 2.78 bits per heavy atom. The van der Waals surface area contributed by atoms with Gasteiger partial charge in [-0.05, 0) is 18.6 Å². The van der Waals surface area contributed by atoms with Crippen molar-refractivity contribution < 1.29 is 12.9 Å². The molecule has 100 valence electrons. The first kappa shape index (κ1) is 13.5. The number of aryl methyl sites for hydroxylation is 1. The maximum absolute atomic E-state index is 12.4. The third-order valence-electron chi connectivity index (χ3n) is 2.93. The van der Waals surface area contributed by atoms with Crippen LogP contribution in [0, 0.1) is 0 Å². The predicted molar refractivity (Wildman–Crippen MR) is 66.5 cm³/mol. The Morgan fingerprint density at radius 2 is 2.06 bits per heavy atom. The zero-order chi connectivity index (χ0) is 13.2. The van der Waals surface area contributed by atoms with Gasteiger partial charge in [0.25, 0.3) is 0 Å². The highest BCUT2D eigenvalue weighted by Gasteiger charge is 2.27. The third kappa shape index (κ3) is 3.10. The van der Waals surface area contributed by atoms with Gasteiger partial charge in [0, 0.05) is 13.0 Å². The van der Waals surface area contributed by atoms with Crippen LogP contribution >= 0.6 is 11.8 Å². The Kier molecular flexibility index (Phi) is 4.04. The molecule has 0 amide bonds. The van der Waals surface area contributed by atoms with Crippen LogP contribution in [0.2, 0.25) is 0 Å². The molecule has 0 saturated heterocycles. The van der Waals surface area contributed by atoms with E-state index in [0.29, 0.717) is 5.16 Å². The molecule has 0 saturated carbocycles. The fourth-order valence-electron chi connectivity index (χ4n) is 1.82. The monoisotopic (exact) mass is 276 g/mol. The Hall–Kier alpha value is -0.915. The molecule has 0 bridgehead atoms. The van der Waals surface area contributed by atoms with Crippen LogP contribution in [0.5, 0.6) is 0 Å². The zero-order valence-corrected chi connectivity index (χ0v) is 10.7. The molecule has 0 aliphatic carbocycles. The average Bonchev–Trinajstić information content (AvgIpc) is 2.53. The Bertz CT molecular complexity index is 444. The van der Waals surface area contributed by atoms with Gasteiger partial charge in [-0.15, -0.1) is 22.2 Å². The van der Waals surface area contributed by atoms with E-state index >= 15 is 0 Å². The number of halogens is 3. The minimum absolute atomic E-state index is 0.165.